The van der Waals surface area contributed by atoms with Gasteiger partial charge in [-0.2, -0.15) is 0 Å². The quantitative estimate of drug-likeness (QED) is 0.743. The highest BCUT2D eigenvalue weighted by atomic mass is 16.5. The number of benzene rings is 1. The standard InChI is InChI=1S/C16H14N2O5/c1-9-5-16(20)22-13-7-11(3-4-12(9)13)21-8-15(19)17-14-6-10(2)23-18-14/h3-7H,8H2,1-2H3,(H,17,18,19). The summed E-state index contributed by atoms with van der Waals surface area (Å²) < 4.78 is 15.4. The number of aryl methyl sites for hydroxylation is 2. The predicted octanol–water partition coefficient (Wildman–Crippen LogP) is 2.42. The monoisotopic (exact) mass is 314 g/mol. The molecule has 0 aliphatic rings. The summed E-state index contributed by atoms with van der Waals surface area (Å²) in [5.41, 5.74) is 0.813. The van der Waals surface area contributed by atoms with Gasteiger partial charge in [-0.1, -0.05) is 5.16 Å². The first-order valence-electron chi connectivity index (χ1n) is 6.92. The van der Waals surface area contributed by atoms with Crippen molar-refractivity contribution >= 4 is 22.7 Å². The van der Waals surface area contributed by atoms with Crippen LogP contribution in [0.15, 0.2) is 44.1 Å². The molecule has 0 atom stereocenters. The Balaban J connectivity index is 1.69. The molecule has 23 heavy (non-hydrogen) atoms. The fourth-order valence-corrected chi connectivity index (χ4v) is 2.15. The van der Waals surface area contributed by atoms with Crippen molar-refractivity contribution in [3.05, 3.63) is 52.1 Å². The van der Waals surface area contributed by atoms with Gasteiger partial charge in [-0.3, -0.25) is 4.79 Å². The van der Waals surface area contributed by atoms with E-state index in [9.17, 15) is 9.59 Å². The van der Waals surface area contributed by atoms with E-state index < -0.39 is 5.63 Å². The zero-order chi connectivity index (χ0) is 16.4. The van der Waals surface area contributed by atoms with Crippen LogP contribution in [0.3, 0.4) is 0 Å². The summed E-state index contributed by atoms with van der Waals surface area (Å²) in [6, 6.07) is 8.10. The van der Waals surface area contributed by atoms with Crippen LogP contribution in [0.2, 0.25) is 0 Å². The number of anilines is 1. The molecule has 0 spiro atoms. The smallest absolute Gasteiger partial charge is 0.336 e. The Morgan fingerprint density at radius 1 is 1.26 bits per heavy atom. The first-order chi connectivity index (χ1) is 11.0. The lowest BCUT2D eigenvalue weighted by Gasteiger charge is -2.07. The summed E-state index contributed by atoms with van der Waals surface area (Å²) in [6.45, 7) is 3.35. The predicted molar refractivity (Wildman–Crippen MR) is 82.6 cm³/mol. The number of fused-ring (bicyclic) bond motifs is 1. The molecular formula is C16H14N2O5. The molecule has 1 N–H and O–H groups in total. The van der Waals surface area contributed by atoms with Gasteiger partial charge in [0.25, 0.3) is 5.91 Å². The molecule has 7 nitrogen and oxygen atoms in total. The number of aromatic nitrogens is 1. The molecule has 1 aromatic carbocycles. The molecule has 3 rings (SSSR count). The molecule has 0 aliphatic heterocycles. The molecule has 0 radical (unpaired) electrons. The van der Waals surface area contributed by atoms with E-state index in [1.54, 1.807) is 31.2 Å². The fraction of sp³-hybridized carbons (Fsp3) is 0.188. The number of nitrogens with one attached hydrogen (secondary N) is 1. The van der Waals surface area contributed by atoms with Gasteiger partial charge in [-0.15, -0.1) is 0 Å². The van der Waals surface area contributed by atoms with E-state index in [0.717, 1.165) is 10.9 Å². The zero-order valence-electron chi connectivity index (χ0n) is 12.6. The number of hydrogen-bond acceptors (Lipinski definition) is 6. The number of hydrogen-bond donors (Lipinski definition) is 1. The number of rotatable bonds is 4. The van der Waals surface area contributed by atoms with Crippen molar-refractivity contribution in [1.82, 2.24) is 5.16 Å². The lowest BCUT2D eigenvalue weighted by atomic mass is 10.1. The van der Waals surface area contributed by atoms with E-state index >= 15 is 0 Å². The average molecular weight is 314 g/mol. The van der Waals surface area contributed by atoms with Crippen LogP contribution in [0.4, 0.5) is 5.82 Å². The molecule has 0 bridgehead atoms. The third-order valence-corrected chi connectivity index (χ3v) is 3.19. The minimum Gasteiger partial charge on any atom is -0.484 e. The molecule has 0 unspecified atom stereocenters. The third-order valence-electron chi connectivity index (χ3n) is 3.19. The zero-order valence-corrected chi connectivity index (χ0v) is 12.6. The number of nitrogens with zero attached hydrogens (tertiary/aromatic N) is 1. The molecular weight excluding hydrogens is 300 g/mol. The number of ether oxygens (including phenoxy) is 1. The van der Waals surface area contributed by atoms with Gasteiger partial charge < -0.3 is 19.0 Å². The van der Waals surface area contributed by atoms with Crippen LogP contribution in [0.25, 0.3) is 11.0 Å². The van der Waals surface area contributed by atoms with Crippen molar-refractivity contribution in [3.8, 4) is 5.75 Å². The van der Waals surface area contributed by atoms with Crippen LogP contribution < -0.4 is 15.7 Å². The average Bonchev–Trinajstić information content (AvgIpc) is 2.89. The topological polar surface area (TPSA) is 94.6 Å². The van der Waals surface area contributed by atoms with Gasteiger partial charge in [-0.05, 0) is 31.5 Å². The molecule has 2 heterocycles. The summed E-state index contributed by atoms with van der Waals surface area (Å²) in [7, 11) is 0. The first kappa shape index (κ1) is 14.8. The van der Waals surface area contributed by atoms with Crippen LogP contribution in [-0.4, -0.2) is 17.7 Å². The molecule has 3 aromatic rings. The van der Waals surface area contributed by atoms with Crippen LogP contribution >= 0.6 is 0 Å². The van der Waals surface area contributed by atoms with E-state index in [1.165, 1.54) is 6.07 Å². The summed E-state index contributed by atoms with van der Waals surface area (Å²) in [5, 5.41) is 7.02. The van der Waals surface area contributed by atoms with Crippen LogP contribution in [-0.2, 0) is 4.79 Å². The summed E-state index contributed by atoms with van der Waals surface area (Å²) >= 11 is 0. The van der Waals surface area contributed by atoms with Crippen LogP contribution in [0.1, 0.15) is 11.3 Å². The maximum Gasteiger partial charge on any atom is 0.336 e. The lowest BCUT2D eigenvalue weighted by Crippen LogP contribution is -2.20. The molecule has 118 valence electrons. The summed E-state index contributed by atoms with van der Waals surface area (Å²) in [4.78, 5) is 23.2. The fourth-order valence-electron chi connectivity index (χ4n) is 2.15. The Morgan fingerprint density at radius 2 is 2.09 bits per heavy atom. The molecule has 2 aromatic heterocycles. The number of carbonyl (C=O) groups excluding carboxylic acids is 1. The van der Waals surface area contributed by atoms with Gasteiger partial charge in [0, 0.05) is 23.6 Å². The van der Waals surface area contributed by atoms with Crippen molar-refractivity contribution in [2.24, 2.45) is 0 Å². The van der Waals surface area contributed by atoms with Crippen molar-refractivity contribution in [2.45, 2.75) is 13.8 Å². The highest BCUT2D eigenvalue weighted by Crippen LogP contribution is 2.22. The maximum absolute atomic E-state index is 11.8. The van der Waals surface area contributed by atoms with Crippen LogP contribution in [0.5, 0.6) is 5.75 Å². The second-order valence-corrected chi connectivity index (χ2v) is 5.07. The number of amides is 1. The van der Waals surface area contributed by atoms with Crippen molar-refractivity contribution in [2.75, 3.05) is 11.9 Å². The lowest BCUT2D eigenvalue weighted by molar-refractivity contribution is -0.118. The van der Waals surface area contributed by atoms with E-state index in [4.69, 9.17) is 13.7 Å². The second-order valence-electron chi connectivity index (χ2n) is 5.07. The normalized spacial score (nSPS) is 10.7. The largest absolute Gasteiger partial charge is 0.484 e. The molecule has 0 saturated carbocycles. The molecule has 7 heteroatoms. The van der Waals surface area contributed by atoms with Crippen molar-refractivity contribution in [3.63, 3.8) is 0 Å². The second kappa shape index (κ2) is 5.96. The Bertz CT molecular complexity index is 926. The van der Waals surface area contributed by atoms with Gasteiger partial charge in [0.1, 0.15) is 17.1 Å². The van der Waals surface area contributed by atoms with Crippen molar-refractivity contribution < 1.29 is 18.5 Å². The van der Waals surface area contributed by atoms with Gasteiger partial charge in [-0.25, -0.2) is 4.79 Å². The van der Waals surface area contributed by atoms with E-state index in [2.05, 4.69) is 10.5 Å². The maximum atomic E-state index is 11.8. The minimum atomic E-state index is -0.425. The van der Waals surface area contributed by atoms with E-state index in [0.29, 0.717) is 22.9 Å². The highest BCUT2D eigenvalue weighted by Gasteiger charge is 2.08. The van der Waals surface area contributed by atoms with Crippen LogP contribution in [0, 0.1) is 13.8 Å². The Hall–Kier alpha value is -3.09. The van der Waals surface area contributed by atoms with E-state index in [1.807, 2.05) is 6.92 Å². The summed E-state index contributed by atoms with van der Waals surface area (Å²) in [5.74, 6) is 0.985. The Morgan fingerprint density at radius 3 is 2.83 bits per heavy atom. The molecule has 0 aliphatic carbocycles. The Kier molecular flexibility index (Phi) is 3.84. The Labute approximate surface area is 130 Å². The van der Waals surface area contributed by atoms with Gasteiger partial charge in [0.15, 0.2) is 12.4 Å². The molecule has 0 fully saturated rings. The van der Waals surface area contributed by atoms with Crippen molar-refractivity contribution in [1.29, 1.82) is 0 Å². The number of carbonyl (C=O) groups is 1. The highest BCUT2D eigenvalue weighted by molar-refractivity contribution is 5.91. The first-order valence-corrected chi connectivity index (χ1v) is 6.92. The summed E-state index contributed by atoms with van der Waals surface area (Å²) in [6.07, 6.45) is 0. The van der Waals surface area contributed by atoms with E-state index in [-0.39, 0.29) is 12.5 Å². The minimum absolute atomic E-state index is 0.201. The van der Waals surface area contributed by atoms with Gasteiger partial charge >= 0.3 is 5.63 Å². The van der Waals surface area contributed by atoms with Gasteiger partial charge in [0.2, 0.25) is 0 Å². The van der Waals surface area contributed by atoms with Gasteiger partial charge in [0.05, 0.1) is 0 Å². The molecule has 1 amide bonds. The molecule has 0 saturated heterocycles. The third kappa shape index (κ3) is 3.39. The SMILES string of the molecule is Cc1cc(NC(=O)COc2ccc3c(C)cc(=O)oc3c2)no1.